The Labute approximate surface area is 159 Å². The van der Waals surface area contributed by atoms with Crippen LogP contribution in [0.5, 0.6) is 0 Å². The number of carbonyl (C=O) groups is 1. The normalized spacial score (nSPS) is 16.1. The van der Waals surface area contributed by atoms with Crippen molar-refractivity contribution in [2.75, 3.05) is 18.0 Å². The van der Waals surface area contributed by atoms with Crippen molar-refractivity contribution in [2.45, 2.75) is 65.7 Å². The number of anilines is 1. The van der Waals surface area contributed by atoms with Crippen molar-refractivity contribution in [3.05, 3.63) is 41.5 Å². The van der Waals surface area contributed by atoms with Crippen LogP contribution in [0.4, 0.5) is 5.69 Å². The number of nitrogens with two attached hydrogens (primary N) is 1. The van der Waals surface area contributed by atoms with Crippen molar-refractivity contribution in [3.63, 3.8) is 0 Å². The Bertz CT molecular complexity index is 581. The Hall–Kier alpha value is -1.77. The van der Waals surface area contributed by atoms with Gasteiger partial charge in [-0.1, -0.05) is 62.8 Å². The smallest absolute Gasteiger partial charge is 0.222 e. The van der Waals surface area contributed by atoms with Gasteiger partial charge in [0.2, 0.25) is 5.91 Å². The van der Waals surface area contributed by atoms with Gasteiger partial charge in [0.15, 0.2) is 0 Å². The number of primary amides is 1. The summed E-state index contributed by atoms with van der Waals surface area (Å²) in [6.07, 6.45) is 11.8. The van der Waals surface area contributed by atoms with Gasteiger partial charge in [-0.2, -0.15) is 0 Å². The van der Waals surface area contributed by atoms with E-state index in [2.05, 4.69) is 49.1 Å². The Morgan fingerprint density at radius 2 is 1.85 bits per heavy atom. The molecule has 0 heterocycles. The molecule has 1 aromatic carbocycles. The van der Waals surface area contributed by atoms with Crippen LogP contribution in [0.15, 0.2) is 35.9 Å². The van der Waals surface area contributed by atoms with Crippen LogP contribution in [-0.2, 0) is 11.2 Å². The number of hydrogen-bond donors (Lipinski definition) is 1. The maximum atomic E-state index is 11.5. The van der Waals surface area contributed by atoms with Gasteiger partial charge in [0, 0.05) is 18.8 Å². The maximum absolute atomic E-state index is 11.5. The summed E-state index contributed by atoms with van der Waals surface area (Å²) >= 11 is 0. The first kappa shape index (κ1) is 20.5. The van der Waals surface area contributed by atoms with Crippen LogP contribution in [0.25, 0.3) is 0 Å². The number of amides is 1. The van der Waals surface area contributed by atoms with Gasteiger partial charge in [-0.15, -0.1) is 0 Å². The number of carbonyl (C=O) groups excluding carboxylic acids is 1. The zero-order valence-corrected chi connectivity index (χ0v) is 16.8. The molecule has 1 fully saturated rings. The van der Waals surface area contributed by atoms with E-state index in [1.54, 1.807) is 0 Å². The molecule has 1 atom stereocenters. The summed E-state index contributed by atoms with van der Waals surface area (Å²) in [5.74, 6) is 0.525. The standard InChI is InChI=1S/C23H36N2O/c1-18(2)15-16-25(17-19(3)23(24)26)22-13-11-21(12-14-22)10-9-20-7-5-4-6-8-20/h11-15,19-20H,4-10,16-17H2,1-3H3,(H2,24,26). The van der Waals surface area contributed by atoms with Crippen LogP contribution in [0.2, 0.25) is 0 Å². The highest BCUT2D eigenvalue weighted by Crippen LogP contribution is 2.28. The van der Waals surface area contributed by atoms with Gasteiger partial charge in [-0.05, 0) is 50.3 Å². The predicted molar refractivity (Wildman–Crippen MR) is 111 cm³/mol. The molecular weight excluding hydrogens is 320 g/mol. The average Bonchev–Trinajstić information content (AvgIpc) is 2.64. The van der Waals surface area contributed by atoms with Crippen LogP contribution in [0, 0.1) is 11.8 Å². The van der Waals surface area contributed by atoms with E-state index < -0.39 is 0 Å². The van der Waals surface area contributed by atoms with E-state index in [0.29, 0.717) is 6.54 Å². The van der Waals surface area contributed by atoms with Crippen molar-refractivity contribution in [1.29, 1.82) is 0 Å². The molecule has 1 aromatic rings. The monoisotopic (exact) mass is 356 g/mol. The fourth-order valence-corrected chi connectivity index (χ4v) is 3.72. The molecule has 144 valence electrons. The second-order valence-corrected chi connectivity index (χ2v) is 8.20. The molecule has 2 rings (SSSR count). The van der Waals surface area contributed by atoms with Gasteiger partial charge >= 0.3 is 0 Å². The van der Waals surface area contributed by atoms with Crippen LogP contribution >= 0.6 is 0 Å². The third-order valence-corrected chi connectivity index (χ3v) is 5.57. The molecule has 0 radical (unpaired) electrons. The lowest BCUT2D eigenvalue weighted by molar-refractivity contribution is -0.121. The number of hydrogen-bond acceptors (Lipinski definition) is 2. The fourth-order valence-electron chi connectivity index (χ4n) is 3.72. The third kappa shape index (κ3) is 6.86. The summed E-state index contributed by atoms with van der Waals surface area (Å²) in [6.45, 7) is 7.56. The quantitative estimate of drug-likeness (QED) is 0.626. The van der Waals surface area contributed by atoms with Gasteiger partial charge in [-0.25, -0.2) is 0 Å². The molecule has 1 saturated carbocycles. The van der Waals surface area contributed by atoms with E-state index in [0.717, 1.165) is 18.2 Å². The molecule has 1 unspecified atom stereocenters. The average molecular weight is 357 g/mol. The highest BCUT2D eigenvalue weighted by atomic mass is 16.1. The Morgan fingerprint density at radius 1 is 1.19 bits per heavy atom. The second kappa shape index (κ2) is 10.4. The highest BCUT2D eigenvalue weighted by Gasteiger charge is 2.15. The van der Waals surface area contributed by atoms with Crippen LogP contribution in [-0.4, -0.2) is 19.0 Å². The molecule has 26 heavy (non-hydrogen) atoms. The van der Waals surface area contributed by atoms with E-state index in [-0.39, 0.29) is 11.8 Å². The molecule has 3 nitrogen and oxygen atoms in total. The van der Waals surface area contributed by atoms with Crippen LogP contribution < -0.4 is 10.6 Å². The summed E-state index contributed by atoms with van der Waals surface area (Å²) in [7, 11) is 0. The molecule has 0 aliphatic heterocycles. The summed E-state index contributed by atoms with van der Waals surface area (Å²) in [5, 5.41) is 0. The summed E-state index contributed by atoms with van der Waals surface area (Å²) < 4.78 is 0. The summed E-state index contributed by atoms with van der Waals surface area (Å²) in [6, 6.07) is 8.90. The molecule has 0 spiro atoms. The molecule has 1 aliphatic rings. The molecule has 3 heteroatoms. The predicted octanol–water partition coefficient (Wildman–Crippen LogP) is 5.09. The minimum Gasteiger partial charge on any atom is -0.369 e. The van der Waals surface area contributed by atoms with Crippen molar-refractivity contribution in [2.24, 2.45) is 17.6 Å². The topological polar surface area (TPSA) is 46.3 Å². The first-order chi connectivity index (χ1) is 12.5. The first-order valence-corrected chi connectivity index (χ1v) is 10.2. The second-order valence-electron chi connectivity index (χ2n) is 8.20. The van der Waals surface area contributed by atoms with Crippen molar-refractivity contribution in [3.8, 4) is 0 Å². The number of nitrogens with zero attached hydrogens (tertiary/aromatic N) is 1. The van der Waals surface area contributed by atoms with Crippen LogP contribution in [0.3, 0.4) is 0 Å². The fraction of sp³-hybridized carbons (Fsp3) is 0.609. The van der Waals surface area contributed by atoms with E-state index in [1.165, 1.54) is 56.1 Å². The van der Waals surface area contributed by atoms with Crippen molar-refractivity contribution < 1.29 is 4.79 Å². The van der Waals surface area contributed by atoms with Crippen molar-refractivity contribution in [1.82, 2.24) is 0 Å². The van der Waals surface area contributed by atoms with Gasteiger partial charge in [0.1, 0.15) is 0 Å². The zero-order chi connectivity index (χ0) is 18.9. The number of allylic oxidation sites excluding steroid dienone is 1. The van der Waals surface area contributed by atoms with Crippen molar-refractivity contribution >= 4 is 11.6 Å². The molecule has 0 aromatic heterocycles. The number of benzene rings is 1. The third-order valence-electron chi connectivity index (χ3n) is 5.57. The Kier molecular flexibility index (Phi) is 8.21. The van der Waals surface area contributed by atoms with E-state index >= 15 is 0 Å². The number of rotatable bonds is 9. The summed E-state index contributed by atoms with van der Waals surface area (Å²) in [5.41, 5.74) is 9.34. The van der Waals surface area contributed by atoms with Gasteiger partial charge in [0.05, 0.1) is 5.92 Å². The van der Waals surface area contributed by atoms with E-state index in [1.807, 2.05) is 6.92 Å². The number of aryl methyl sites for hydroxylation is 1. The van der Waals surface area contributed by atoms with E-state index in [9.17, 15) is 4.79 Å². The lowest BCUT2D eigenvalue weighted by Gasteiger charge is -2.26. The van der Waals surface area contributed by atoms with E-state index in [4.69, 9.17) is 5.73 Å². The Balaban J connectivity index is 1.98. The lowest BCUT2D eigenvalue weighted by atomic mass is 9.85. The molecule has 2 N–H and O–H groups in total. The zero-order valence-electron chi connectivity index (χ0n) is 16.8. The largest absolute Gasteiger partial charge is 0.369 e. The minimum absolute atomic E-state index is 0.161. The molecule has 1 amide bonds. The SMILES string of the molecule is CC(C)=CCN(CC(C)C(N)=O)c1ccc(CCC2CCCCC2)cc1. The molecule has 0 saturated heterocycles. The van der Waals surface area contributed by atoms with Crippen LogP contribution in [0.1, 0.15) is 64.9 Å². The van der Waals surface area contributed by atoms with Gasteiger partial charge in [-0.3, -0.25) is 4.79 Å². The highest BCUT2D eigenvalue weighted by molar-refractivity contribution is 5.77. The minimum atomic E-state index is -0.240. The maximum Gasteiger partial charge on any atom is 0.222 e. The first-order valence-electron chi connectivity index (χ1n) is 10.2. The molecule has 1 aliphatic carbocycles. The lowest BCUT2D eigenvalue weighted by Crippen LogP contribution is -2.35. The summed E-state index contributed by atoms with van der Waals surface area (Å²) in [4.78, 5) is 13.7. The van der Waals surface area contributed by atoms with Gasteiger partial charge < -0.3 is 10.6 Å². The van der Waals surface area contributed by atoms with Gasteiger partial charge in [0.25, 0.3) is 0 Å². The molecular formula is C23H36N2O. The Morgan fingerprint density at radius 3 is 2.42 bits per heavy atom. The molecule has 0 bridgehead atoms.